The molecule has 3 saturated heterocycles. The Morgan fingerprint density at radius 1 is 0.397 bits per heavy atom. The number of halogens is 1. The highest BCUT2D eigenvalue weighted by molar-refractivity contribution is 9.10. The molecule has 10 heteroatoms. The Morgan fingerprint density at radius 3 is 1.13 bits per heavy atom. The summed E-state index contributed by atoms with van der Waals surface area (Å²) in [6, 6.07) is 34.5. The molecule has 63 heavy (non-hydrogen) atoms. The molecule has 0 radical (unpaired) electrons. The van der Waals surface area contributed by atoms with Crippen LogP contribution in [0.3, 0.4) is 0 Å². The molecule has 0 atom stereocenters. The lowest BCUT2D eigenvalue weighted by Gasteiger charge is -2.32. The summed E-state index contributed by atoms with van der Waals surface area (Å²) in [4.78, 5) is 0. The molecule has 2 aliphatic carbocycles. The van der Waals surface area contributed by atoms with Crippen molar-refractivity contribution < 1.29 is 27.9 Å². The molecule has 0 saturated carbocycles. The SMILES string of the molecule is C.CC1(C)C(c2cccc(B3OC(C)(C)C(C)(C)O3)c2)=Cc2ccccc21.CC1(C)C(c2cccc(Br)c2)=Cc2ccccc21.CC1(C)OB(B2OC(C)(C)C(C)(C)O2)OC1(C)C. The second-order valence-electron chi connectivity index (χ2n) is 21.5. The molecule has 3 fully saturated rings. The number of hydrogen-bond donors (Lipinski definition) is 0. The van der Waals surface area contributed by atoms with Gasteiger partial charge in [-0.1, -0.05) is 136 Å². The van der Waals surface area contributed by atoms with Gasteiger partial charge in [0.2, 0.25) is 0 Å². The van der Waals surface area contributed by atoms with Gasteiger partial charge in [0.25, 0.3) is 0 Å². The van der Waals surface area contributed by atoms with Gasteiger partial charge in [-0.05, 0) is 157 Å². The molecule has 3 aliphatic heterocycles. The second kappa shape index (κ2) is 16.9. The summed E-state index contributed by atoms with van der Waals surface area (Å²) in [5.74, 6) is 0. The molecule has 3 heterocycles. The fourth-order valence-corrected chi connectivity index (χ4v) is 9.12. The van der Waals surface area contributed by atoms with Crippen molar-refractivity contribution in [1.82, 2.24) is 0 Å². The van der Waals surface area contributed by atoms with Gasteiger partial charge in [-0.25, -0.2) is 0 Å². The maximum atomic E-state index is 6.24. The van der Waals surface area contributed by atoms with Crippen molar-refractivity contribution in [2.45, 2.75) is 163 Å². The molecule has 4 aromatic rings. The molecule has 0 amide bonds. The number of rotatable bonds is 4. The molecule has 6 nitrogen and oxygen atoms in total. The van der Waals surface area contributed by atoms with E-state index in [0.29, 0.717) is 0 Å². The average molecular weight is 915 g/mol. The lowest BCUT2D eigenvalue weighted by molar-refractivity contribution is 0.00578. The van der Waals surface area contributed by atoms with Crippen LogP contribution in [0.2, 0.25) is 0 Å². The maximum Gasteiger partial charge on any atom is 0.494 e. The van der Waals surface area contributed by atoms with Crippen LogP contribution in [-0.4, -0.2) is 54.7 Å². The Bertz CT molecular complexity index is 2310. The number of benzene rings is 4. The van der Waals surface area contributed by atoms with Crippen LogP contribution in [0.25, 0.3) is 23.3 Å². The second-order valence-corrected chi connectivity index (χ2v) is 22.4. The van der Waals surface area contributed by atoms with Crippen LogP contribution >= 0.6 is 15.9 Å². The Kier molecular flexibility index (Phi) is 13.2. The van der Waals surface area contributed by atoms with Crippen LogP contribution in [0, 0.1) is 0 Å². The highest BCUT2D eigenvalue weighted by Gasteiger charge is 2.63. The molecule has 4 aromatic carbocycles. The van der Waals surface area contributed by atoms with Gasteiger partial charge < -0.3 is 27.9 Å². The smallest absolute Gasteiger partial charge is 0.405 e. The van der Waals surface area contributed by atoms with Crippen LogP contribution in [-0.2, 0) is 38.8 Å². The first-order chi connectivity index (χ1) is 28.6. The zero-order valence-electron chi connectivity index (χ0n) is 40.0. The topological polar surface area (TPSA) is 55.4 Å². The average Bonchev–Trinajstić information content (AvgIpc) is 3.84. The third-order valence-corrected chi connectivity index (χ3v) is 15.3. The first-order valence-electron chi connectivity index (χ1n) is 22.2. The van der Waals surface area contributed by atoms with E-state index in [1.54, 1.807) is 0 Å². The Morgan fingerprint density at radius 2 is 0.746 bits per heavy atom. The van der Waals surface area contributed by atoms with E-state index in [9.17, 15) is 0 Å². The van der Waals surface area contributed by atoms with Crippen molar-refractivity contribution in [3.63, 3.8) is 0 Å². The largest absolute Gasteiger partial charge is 0.494 e. The first kappa shape index (κ1) is 49.2. The van der Waals surface area contributed by atoms with Gasteiger partial charge in [-0.3, -0.25) is 0 Å². The predicted molar refractivity (Wildman–Crippen MR) is 270 cm³/mol. The monoisotopic (exact) mass is 914 g/mol. The van der Waals surface area contributed by atoms with Crippen molar-refractivity contribution in [3.05, 3.63) is 135 Å². The van der Waals surface area contributed by atoms with E-state index in [0.717, 1.165) is 9.94 Å². The normalized spacial score (nSPS) is 23.0. The number of hydrogen-bond acceptors (Lipinski definition) is 6. The minimum Gasteiger partial charge on any atom is -0.405 e. The van der Waals surface area contributed by atoms with Crippen molar-refractivity contribution in [2.24, 2.45) is 0 Å². The zero-order chi connectivity index (χ0) is 45.5. The van der Waals surface area contributed by atoms with Crippen molar-refractivity contribution in [2.75, 3.05) is 0 Å². The lowest BCUT2D eigenvalue weighted by atomic mass is 9.49. The molecule has 0 aromatic heterocycles. The zero-order valence-corrected chi connectivity index (χ0v) is 41.5. The van der Waals surface area contributed by atoms with E-state index in [-0.39, 0.29) is 59.0 Å². The van der Waals surface area contributed by atoms with Gasteiger partial charge in [0.1, 0.15) is 0 Å². The van der Waals surface area contributed by atoms with Gasteiger partial charge in [-0.15, -0.1) is 0 Å². The predicted octanol–water partition coefficient (Wildman–Crippen LogP) is 13.0. The summed E-state index contributed by atoms with van der Waals surface area (Å²) >= 11 is 3.55. The van der Waals surface area contributed by atoms with Crippen molar-refractivity contribution >= 4 is 65.8 Å². The molecule has 0 unspecified atom stereocenters. The minimum absolute atomic E-state index is 0. The summed E-state index contributed by atoms with van der Waals surface area (Å²) in [6.07, 6.45) is 4.63. The molecule has 5 aliphatic rings. The summed E-state index contributed by atoms with van der Waals surface area (Å²) in [5, 5.41) is 0. The van der Waals surface area contributed by atoms with E-state index < -0.39 is 14.0 Å². The number of fused-ring (bicyclic) bond motifs is 2. The molecule has 9 rings (SSSR count). The third-order valence-electron chi connectivity index (χ3n) is 14.8. The van der Waals surface area contributed by atoms with Gasteiger partial charge in [-0.2, -0.15) is 0 Å². The number of allylic oxidation sites excluding steroid dienone is 2. The van der Waals surface area contributed by atoms with Crippen molar-refractivity contribution in [1.29, 1.82) is 0 Å². The summed E-state index contributed by atoms with van der Waals surface area (Å²) in [7, 11) is -1.28. The molecular formula is C53H70B3BrO6. The molecule has 0 N–H and O–H groups in total. The fraction of sp³-hybridized carbons (Fsp3) is 0.472. The summed E-state index contributed by atoms with van der Waals surface area (Å²) < 4.78 is 37.5. The van der Waals surface area contributed by atoms with Crippen LogP contribution in [0.4, 0.5) is 0 Å². The van der Waals surface area contributed by atoms with Gasteiger partial charge in [0.05, 0.1) is 33.6 Å². The van der Waals surface area contributed by atoms with Gasteiger partial charge >= 0.3 is 21.1 Å². The molecule has 0 spiro atoms. The standard InChI is InChI=1S/C23H27BO2.C17H15Br.C12H24B2O4.CH4/c1-21(2)19-13-8-7-10-17(19)15-20(21)16-11-9-12-18(14-16)24-25-22(3,4)23(5,6)26-24;1-17(2)15-9-4-3-6-13(15)11-16(17)12-7-5-8-14(18)10-12;1-9(2)10(3,4)16-13(15-9)14-17-11(5,6)12(7,8)18-14;/h7-15H,1-6H3;3-11H,1-2H3;1-8H3;1H4. The minimum atomic E-state index is -0.476. The van der Waals surface area contributed by atoms with E-state index in [1.807, 2.05) is 55.4 Å². The van der Waals surface area contributed by atoms with E-state index >= 15 is 0 Å². The first-order valence-corrected chi connectivity index (χ1v) is 22.9. The van der Waals surface area contributed by atoms with Crippen molar-refractivity contribution in [3.8, 4) is 0 Å². The van der Waals surface area contributed by atoms with Gasteiger partial charge in [0.15, 0.2) is 0 Å². The summed E-state index contributed by atoms with van der Waals surface area (Å²) in [5.41, 5.74) is 9.79. The lowest BCUT2D eigenvalue weighted by Crippen LogP contribution is -2.41. The molecule has 334 valence electrons. The van der Waals surface area contributed by atoms with Crippen LogP contribution < -0.4 is 5.46 Å². The van der Waals surface area contributed by atoms with Crippen LogP contribution in [0.5, 0.6) is 0 Å². The third kappa shape index (κ3) is 9.17. The Balaban J connectivity index is 0.000000160. The summed E-state index contributed by atoms with van der Waals surface area (Å²) in [6.45, 7) is 33.8. The molecular weight excluding hydrogens is 845 g/mol. The highest BCUT2D eigenvalue weighted by Crippen LogP contribution is 2.48. The quantitative estimate of drug-likeness (QED) is 0.190. The van der Waals surface area contributed by atoms with E-state index in [4.69, 9.17) is 27.9 Å². The Labute approximate surface area is 389 Å². The Hall–Kier alpha value is -3.21. The highest BCUT2D eigenvalue weighted by atomic mass is 79.9. The van der Waals surface area contributed by atoms with Crippen LogP contribution in [0.1, 0.15) is 152 Å². The fourth-order valence-electron chi connectivity index (χ4n) is 8.72. The van der Waals surface area contributed by atoms with E-state index in [1.165, 1.54) is 44.5 Å². The molecule has 0 bridgehead atoms. The van der Waals surface area contributed by atoms with E-state index in [2.05, 4.69) is 181 Å². The van der Waals surface area contributed by atoms with Gasteiger partial charge in [0, 0.05) is 15.3 Å². The maximum absolute atomic E-state index is 6.24. The van der Waals surface area contributed by atoms with Crippen LogP contribution in [0.15, 0.2) is 102 Å².